The Morgan fingerprint density at radius 1 is 1.50 bits per heavy atom. The van der Waals surface area contributed by atoms with Crippen molar-refractivity contribution in [2.24, 2.45) is 5.73 Å². The highest BCUT2D eigenvalue weighted by Crippen LogP contribution is 2.39. The van der Waals surface area contributed by atoms with E-state index in [2.05, 4.69) is 5.32 Å². The highest BCUT2D eigenvalue weighted by atomic mass is 32.2. The summed E-state index contributed by atoms with van der Waals surface area (Å²) in [7, 11) is 1.72. The van der Waals surface area contributed by atoms with Crippen LogP contribution in [0.2, 0.25) is 0 Å². The van der Waals surface area contributed by atoms with Gasteiger partial charge in [-0.1, -0.05) is 0 Å². The van der Waals surface area contributed by atoms with Gasteiger partial charge in [0.05, 0.1) is 5.54 Å². The molecule has 6 heteroatoms. The van der Waals surface area contributed by atoms with Crippen LogP contribution in [0.25, 0.3) is 0 Å². The molecule has 1 aromatic carbocycles. The second-order valence-electron chi connectivity index (χ2n) is 5.11. The van der Waals surface area contributed by atoms with E-state index in [0.717, 1.165) is 18.9 Å². The van der Waals surface area contributed by atoms with Crippen LogP contribution in [0.15, 0.2) is 23.1 Å². The number of benzene rings is 1. The van der Waals surface area contributed by atoms with Crippen molar-refractivity contribution in [2.75, 3.05) is 7.05 Å². The van der Waals surface area contributed by atoms with Crippen LogP contribution >= 0.6 is 11.8 Å². The summed E-state index contributed by atoms with van der Waals surface area (Å²) in [6, 6.07) is 3.56. The Balaban J connectivity index is 2.11. The van der Waals surface area contributed by atoms with Crippen LogP contribution in [-0.2, 0) is 4.79 Å². The Kier molecular flexibility index (Phi) is 4.65. The lowest BCUT2D eigenvalue weighted by Crippen LogP contribution is -2.57. The monoisotopic (exact) mass is 300 g/mol. The number of hydrogen-bond donors (Lipinski definition) is 2. The molecule has 0 radical (unpaired) electrons. The number of nitrogens with one attached hydrogen (secondary N) is 1. The molecule has 1 saturated carbocycles. The van der Waals surface area contributed by atoms with Crippen LogP contribution in [0.1, 0.15) is 25.7 Å². The molecule has 1 aliphatic carbocycles. The second kappa shape index (κ2) is 6.10. The molecule has 2 atom stereocenters. The Labute approximate surface area is 121 Å². The van der Waals surface area contributed by atoms with Crippen molar-refractivity contribution in [3.63, 3.8) is 0 Å². The maximum absolute atomic E-state index is 13.7. The van der Waals surface area contributed by atoms with Crippen molar-refractivity contribution >= 4 is 17.7 Å². The van der Waals surface area contributed by atoms with E-state index in [1.165, 1.54) is 23.9 Å². The summed E-state index contributed by atoms with van der Waals surface area (Å²) in [4.78, 5) is 12.1. The van der Waals surface area contributed by atoms with Crippen LogP contribution in [0, 0.1) is 11.6 Å². The van der Waals surface area contributed by atoms with Gasteiger partial charge in [0.25, 0.3) is 0 Å². The van der Waals surface area contributed by atoms with E-state index in [4.69, 9.17) is 5.73 Å². The van der Waals surface area contributed by atoms with Crippen molar-refractivity contribution in [3.8, 4) is 0 Å². The molecular formula is C14H18F2N2OS. The maximum Gasteiger partial charge on any atom is 0.237 e. The minimum Gasteiger partial charge on any atom is -0.368 e. The van der Waals surface area contributed by atoms with Crippen LogP contribution in [0.5, 0.6) is 0 Å². The van der Waals surface area contributed by atoms with Crippen molar-refractivity contribution in [3.05, 3.63) is 29.8 Å². The van der Waals surface area contributed by atoms with E-state index in [0.29, 0.717) is 17.7 Å². The standard InChI is InChI=1S/C14H18F2N2OS/c1-18-14(13(17)19)6-2-3-10(8-14)20-12-5-4-9(15)7-11(12)16/h4-5,7,10,18H,2-3,6,8H2,1H3,(H2,17,19). The summed E-state index contributed by atoms with van der Waals surface area (Å²) in [5.41, 5.74) is 4.77. The zero-order valence-electron chi connectivity index (χ0n) is 11.3. The van der Waals surface area contributed by atoms with E-state index in [-0.39, 0.29) is 11.2 Å². The van der Waals surface area contributed by atoms with Gasteiger partial charge in [-0.05, 0) is 44.9 Å². The minimum absolute atomic E-state index is 0.0867. The number of nitrogens with two attached hydrogens (primary N) is 1. The normalized spacial score (nSPS) is 26.4. The predicted octanol–water partition coefficient (Wildman–Crippen LogP) is 2.44. The summed E-state index contributed by atoms with van der Waals surface area (Å²) in [5.74, 6) is -1.52. The molecule has 1 aliphatic rings. The van der Waals surface area contributed by atoms with Gasteiger partial charge in [-0.2, -0.15) is 0 Å². The lowest BCUT2D eigenvalue weighted by atomic mass is 9.81. The van der Waals surface area contributed by atoms with Crippen molar-refractivity contribution in [1.82, 2.24) is 5.32 Å². The smallest absolute Gasteiger partial charge is 0.237 e. The molecule has 1 fully saturated rings. The summed E-state index contributed by atoms with van der Waals surface area (Å²) in [6.07, 6.45) is 2.99. The van der Waals surface area contributed by atoms with Crippen LogP contribution in [0.3, 0.4) is 0 Å². The lowest BCUT2D eigenvalue weighted by Gasteiger charge is -2.38. The number of carbonyl (C=O) groups is 1. The second-order valence-corrected chi connectivity index (χ2v) is 6.45. The number of halogens is 2. The number of amides is 1. The molecule has 0 heterocycles. The average molecular weight is 300 g/mol. The number of thioether (sulfide) groups is 1. The largest absolute Gasteiger partial charge is 0.368 e. The molecule has 2 unspecified atom stereocenters. The Hall–Kier alpha value is -1.14. The number of carbonyl (C=O) groups excluding carboxylic acids is 1. The number of likely N-dealkylation sites (N-methyl/N-ethyl adjacent to an activating group) is 1. The molecule has 3 N–H and O–H groups in total. The molecule has 110 valence electrons. The van der Waals surface area contributed by atoms with E-state index in [9.17, 15) is 13.6 Å². The fraction of sp³-hybridized carbons (Fsp3) is 0.500. The Morgan fingerprint density at radius 3 is 2.85 bits per heavy atom. The van der Waals surface area contributed by atoms with Gasteiger partial charge < -0.3 is 11.1 Å². The highest BCUT2D eigenvalue weighted by Gasteiger charge is 2.40. The van der Waals surface area contributed by atoms with Gasteiger partial charge in [0, 0.05) is 16.2 Å². The number of hydrogen-bond acceptors (Lipinski definition) is 3. The summed E-state index contributed by atoms with van der Waals surface area (Å²) < 4.78 is 26.6. The molecule has 1 amide bonds. The van der Waals surface area contributed by atoms with Crippen LogP contribution in [0.4, 0.5) is 8.78 Å². The molecule has 3 nitrogen and oxygen atoms in total. The summed E-state index contributed by atoms with van der Waals surface area (Å²) >= 11 is 1.35. The first-order chi connectivity index (χ1) is 9.47. The molecule has 0 aliphatic heterocycles. The topological polar surface area (TPSA) is 55.1 Å². The fourth-order valence-electron chi connectivity index (χ4n) is 2.65. The van der Waals surface area contributed by atoms with Crippen molar-refractivity contribution < 1.29 is 13.6 Å². The molecule has 20 heavy (non-hydrogen) atoms. The van der Waals surface area contributed by atoms with Crippen molar-refractivity contribution in [1.29, 1.82) is 0 Å². The lowest BCUT2D eigenvalue weighted by molar-refractivity contribution is -0.125. The first kappa shape index (κ1) is 15.3. The molecule has 0 spiro atoms. The van der Waals surface area contributed by atoms with Crippen molar-refractivity contribution in [2.45, 2.75) is 41.4 Å². The minimum atomic E-state index is -0.716. The van der Waals surface area contributed by atoms with E-state index in [1.807, 2.05) is 0 Å². The van der Waals surface area contributed by atoms with Crippen LogP contribution in [-0.4, -0.2) is 23.7 Å². The third kappa shape index (κ3) is 3.12. The molecule has 1 aromatic rings. The third-order valence-electron chi connectivity index (χ3n) is 3.84. The molecule has 0 bridgehead atoms. The molecule has 0 aromatic heterocycles. The maximum atomic E-state index is 13.7. The van der Waals surface area contributed by atoms with Gasteiger partial charge in [0.1, 0.15) is 11.6 Å². The first-order valence-electron chi connectivity index (χ1n) is 6.57. The SMILES string of the molecule is CNC1(C(N)=O)CCCC(Sc2ccc(F)cc2F)C1. The molecular weight excluding hydrogens is 282 g/mol. The highest BCUT2D eigenvalue weighted by molar-refractivity contribution is 8.00. The molecule has 0 saturated heterocycles. The quantitative estimate of drug-likeness (QED) is 0.898. The number of rotatable bonds is 4. The van der Waals surface area contributed by atoms with Gasteiger partial charge >= 0.3 is 0 Å². The Morgan fingerprint density at radius 2 is 2.25 bits per heavy atom. The predicted molar refractivity (Wildman–Crippen MR) is 75.5 cm³/mol. The van der Waals surface area contributed by atoms with Gasteiger partial charge in [0.2, 0.25) is 5.91 Å². The molecule has 2 rings (SSSR count). The van der Waals surface area contributed by atoms with Gasteiger partial charge in [-0.25, -0.2) is 8.78 Å². The van der Waals surface area contributed by atoms with Gasteiger partial charge in [0.15, 0.2) is 0 Å². The Bertz CT molecular complexity index is 512. The fourth-order valence-corrected chi connectivity index (χ4v) is 3.98. The zero-order valence-corrected chi connectivity index (χ0v) is 12.1. The number of primary amides is 1. The van der Waals surface area contributed by atoms with Gasteiger partial charge in [-0.3, -0.25) is 4.79 Å². The van der Waals surface area contributed by atoms with E-state index >= 15 is 0 Å². The zero-order chi connectivity index (χ0) is 14.8. The van der Waals surface area contributed by atoms with E-state index < -0.39 is 17.2 Å². The summed E-state index contributed by atoms with van der Waals surface area (Å²) in [5, 5.41) is 3.10. The average Bonchev–Trinajstić information content (AvgIpc) is 2.42. The van der Waals surface area contributed by atoms with E-state index in [1.54, 1.807) is 7.05 Å². The van der Waals surface area contributed by atoms with Crippen LogP contribution < -0.4 is 11.1 Å². The third-order valence-corrected chi connectivity index (χ3v) is 5.16. The van der Waals surface area contributed by atoms with Gasteiger partial charge in [-0.15, -0.1) is 11.8 Å². The first-order valence-corrected chi connectivity index (χ1v) is 7.45. The summed E-state index contributed by atoms with van der Waals surface area (Å²) in [6.45, 7) is 0.